The largest absolute Gasteiger partial charge is 0.334 e. The first-order valence-electron chi connectivity index (χ1n) is 8.31. The molecule has 0 aliphatic carbocycles. The fourth-order valence-electron chi connectivity index (χ4n) is 3.40. The molecule has 0 bridgehead atoms. The number of aromatic nitrogens is 4. The van der Waals surface area contributed by atoms with E-state index in [4.69, 9.17) is 4.52 Å². The zero-order chi connectivity index (χ0) is 16.5. The lowest BCUT2D eigenvalue weighted by Gasteiger charge is -2.21. The Morgan fingerprint density at radius 3 is 3.04 bits per heavy atom. The number of nitrogens with zero attached hydrogens (tertiary/aromatic N) is 5. The van der Waals surface area contributed by atoms with Crippen molar-refractivity contribution in [1.29, 1.82) is 0 Å². The third-order valence-corrected chi connectivity index (χ3v) is 4.55. The molecule has 6 nitrogen and oxygen atoms in total. The Labute approximate surface area is 141 Å². The van der Waals surface area contributed by atoms with Crippen LogP contribution in [0.4, 0.5) is 0 Å². The van der Waals surface area contributed by atoms with Crippen molar-refractivity contribution in [2.24, 2.45) is 7.05 Å². The highest BCUT2D eigenvalue weighted by Crippen LogP contribution is 2.32. The molecule has 1 aliphatic heterocycles. The minimum Gasteiger partial charge on any atom is -0.334 e. The Balaban J connectivity index is 1.51. The number of aryl methyl sites for hydroxylation is 2. The van der Waals surface area contributed by atoms with Crippen LogP contribution in [-0.2, 0) is 13.6 Å². The summed E-state index contributed by atoms with van der Waals surface area (Å²) in [5, 5.41) is 8.47. The Kier molecular flexibility index (Phi) is 3.90. The molecule has 3 heterocycles. The first kappa shape index (κ1) is 15.1. The number of rotatable bonds is 4. The topological polar surface area (TPSA) is 60.0 Å². The second-order valence-electron chi connectivity index (χ2n) is 6.46. The maximum atomic E-state index is 5.46. The highest BCUT2D eigenvalue weighted by Gasteiger charge is 2.28. The van der Waals surface area contributed by atoms with Crippen molar-refractivity contribution in [2.75, 3.05) is 6.54 Å². The van der Waals surface area contributed by atoms with Crippen molar-refractivity contribution >= 4 is 0 Å². The average molecular weight is 323 g/mol. The molecule has 1 atom stereocenters. The van der Waals surface area contributed by atoms with Gasteiger partial charge in [-0.05, 0) is 38.4 Å². The lowest BCUT2D eigenvalue weighted by atomic mass is 10.1. The molecule has 0 saturated carbocycles. The van der Waals surface area contributed by atoms with E-state index in [1.54, 1.807) is 0 Å². The molecule has 0 amide bonds. The lowest BCUT2D eigenvalue weighted by molar-refractivity contribution is 0.238. The summed E-state index contributed by atoms with van der Waals surface area (Å²) in [6, 6.07) is 8.51. The second-order valence-corrected chi connectivity index (χ2v) is 6.46. The second kappa shape index (κ2) is 6.20. The summed E-state index contributed by atoms with van der Waals surface area (Å²) < 4.78 is 7.31. The van der Waals surface area contributed by atoms with Gasteiger partial charge in [-0.15, -0.1) is 0 Å². The average Bonchev–Trinajstić information content (AvgIpc) is 3.28. The van der Waals surface area contributed by atoms with Gasteiger partial charge in [-0.25, -0.2) is 0 Å². The van der Waals surface area contributed by atoms with Crippen molar-refractivity contribution in [3.05, 3.63) is 53.6 Å². The first-order valence-corrected chi connectivity index (χ1v) is 8.31. The summed E-state index contributed by atoms with van der Waals surface area (Å²) in [5.74, 6) is 1.33. The van der Waals surface area contributed by atoms with Crippen molar-refractivity contribution in [3.63, 3.8) is 0 Å². The van der Waals surface area contributed by atoms with E-state index in [2.05, 4.69) is 45.4 Å². The van der Waals surface area contributed by atoms with E-state index in [-0.39, 0.29) is 0 Å². The number of likely N-dealkylation sites (tertiary alicyclic amines) is 1. The van der Waals surface area contributed by atoms with Crippen LogP contribution in [0.5, 0.6) is 0 Å². The third-order valence-electron chi connectivity index (χ3n) is 4.55. The molecule has 1 saturated heterocycles. The van der Waals surface area contributed by atoms with Crippen LogP contribution in [0.25, 0.3) is 11.5 Å². The van der Waals surface area contributed by atoms with Gasteiger partial charge in [0.2, 0.25) is 0 Å². The van der Waals surface area contributed by atoms with E-state index >= 15 is 0 Å². The van der Waals surface area contributed by atoms with E-state index in [9.17, 15) is 0 Å². The molecule has 2 aromatic heterocycles. The molecule has 1 aliphatic rings. The Hall–Kier alpha value is -2.47. The van der Waals surface area contributed by atoms with Crippen molar-refractivity contribution in [1.82, 2.24) is 24.8 Å². The highest BCUT2D eigenvalue weighted by atomic mass is 16.5. The van der Waals surface area contributed by atoms with Gasteiger partial charge in [0.25, 0.3) is 5.89 Å². The van der Waals surface area contributed by atoms with Gasteiger partial charge in [0, 0.05) is 30.4 Å². The van der Waals surface area contributed by atoms with E-state index in [0.29, 0.717) is 18.5 Å². The quantitative estimate of drug-likeness (QED) is 0.738. The molecule has 3 aromatic rings. The molecule has 4 rings (SSSR count). The molecule has 1 fully saturated rings. The SMILES string of the molecule is Cc1cccc(-c2nc(CN3CCC[C@@H]3c3cnn(C)c3)no2)c1. The summed E-state index contributed by atoms with van der Waals surface area (Å²) in [7, 11) is 1.95. The molecule has 6 heteroatoms. The van der Waals surface area contributed by atoms with Gasteiger partial charge in [0.15, 0.2) is 5.82 Å². The van der Waals surface area contributed by atoms with Crippen LogP contribution < -0.4 is 0 Å². The van der Waals surface area contributed by atoms with Crippen LogP contribution in [0.15, 0.2) is 41.2 Å². The van der Waals surface area contributed by atoms with Crippen LogP contribution in [0, 0.1) is 6.92 Å². The molecular formula is C18H21N5O. The third kappa shape index (κ3) is 2.97. The standard InChI is InChI=1S/C18H21N5O/c1-13-5-3-6-14(9-13)18-20-17(21-24-18)12-23-8-4-7-16(23)15-10-19-22(2)11-15/h3,5-6,9-11,16H,4,7-8,12H2,1-2H3/t16-/m1/s1. The van der Waals surface area contributed by atoms with Gasteiger partial charge in [-0.1, -0.05) is 22.9 Å². The molecule has 0 radical (unpaired) electrons. The fourth-order valence-corrected chi connectivity index (χ4v) is 3.40. The molecule has 0 N–H and O–H groups in total. The van der Waals surface area contributed by atoms with Crippen molar-refractivity contribution in [3.8, 4) is 11.5 Å². The van der Waals surface area contributed by atoms with E-state index in [1.165, 1.54) is 17.5 Å². The monoisotopic (exact) mass is 323 g/mol. The van der Waals surface area contributed by atoms with E-state index < -0.39 is 0 Å². The summed E-state index contributed by atoms with van der Waals surface area (Å²) in [5.41, 5.74) is 3.42. The smallest absolute Gasteiger partial charge is 0.257 e. The van der Waals surface area contributed by atoms with Gasteiger partial charge < -0.3 is 4.52 Å². The predicted molar refractivity (Wildman–Crippen MR) is 90.1 cm³/mol. The Bertz CT molecular complexity index is 837. The van der Waals surface area contributed by atoms with E-state index in [1.807, 2.05) is 30.1 Å². The molecule has 0 spiro atoms. The number of hydrogen-bond acceptors (Lipinski definition) is 5. The molecule has 124 valence electrons. The normalized spacial score (nSPS) is 18.3. The first-order chi connectivity index (χ1) is 11.7. The van der Waals surface area contributed by atoms with Crippen LogP contribution in [0.1, 0.15) is 35.8 Å². The summed E-state index contributed by atoms with van der Waals surface area (Å²) in [6.45, 7) is 3.81. The van der Waals surface area contributed by atoms with Gasteiger partial charge in [0.1, 0.15) is 0 Å². The molecule has 1 aromatic carbocycles. The molecular weight excluding hydrogens is 302 g/mol. The zero-order valence-corrected chi connectivity index (χ0v) is 14.0. The summed E-state index contributed by atoms with van der Waals surface area (Å²) in [4.78, 5) is 6.98. The van der Waals surface area contributed by atoms with Crippen molar-refractivity contribution in [2.45, 2.75) is 32.4 Å². The molecule has 0 unspecified atom stereocenters. The van der Waals surface area contributed by atoms with Crippen molar-refractivity contribution < 1.29 is 4.52 Å². The van der Waals surface area contributed by atoms with Crippen LogP contribution >= 0.6 is 0 Å². The zero-order valence-electron chi connectivity index (χ0n) is 14.0. The molecule has 24 heavy (non-hydrogen) atoms. The summed E-state index contributed by atoms with van der Waals surface area (Å²) >= 11 is 0. The van der Waals surface area contributed by atoms with Gasteiger partial charge >= 0.3 is 0 Å². The van der Waals surface area contributed by atoms with Gasteiger partial charge in [-0.2, -0.15) is 10.1 Å². The Morgan fingerprint density at radius 1 is 1.33 bits per heavy atom. The Morgan fingerprint density at radius 2 is 2.25 bits per heavy atom. The van der Waals surface area contributed by atoms with Crippen LogP contribution in [0.3, 0.4) is 0 Å². The van der Waals surface area contributed by atoms with Crippen LogP contribution in [0.2, 0.25) is 0 Å². The minimum absolute atomic E-state index is 0.389. The fraction of sp³-hybridized carbons (Fsp3) is 0.389. The highest BCUT2D eigenvalue weighted by molar-refractivity contribution is 5.53. The number of hydrogen-bond donors (Lipinski definition) is 0. The maximum Gasteiger partial charge on any atom is 0.257 e. The van der Waals surface area contributed by atoms with Gasteiger partial charge in [-0.3, -0.25) is 9.58 Å². The lowest BCUT2D eigenvalue weighted by Crippen LogP contribution is -2.23. The van der Waals surface area contributed by atoms with Crippen LogP contribution in [-0.4, -0.2) is 31.4 Å². The summed E-state index contributed by atoms with van der Waals surface area (Å²) in [6.07, 6.45) is 6.38. The van der Waals surface area contributed by atoms with E-state index in [0.717, 1.165) is 24.4 Å². The number of benzene rings is 1. The predicted octanol–water partition coefficient (Wildman–Crippen LogP) is 3.12. The van der Waals surface area contributed by atoms with Gasteiger partial charge in [0.05, 0.1) is 12.7 Å². The minimum atomic E-state index is 0.389. The maximum absolute atomic E-state index is 5.46.